The first kappa shape index (κ1) is 8.72. The summed E-state index contributed by atoms with van der Waals surface area (Å²) in [6.07, 6.45) is 4.47. The minimum absolute atomic E-state index is 0.446. The summed E-state index contributed by atoms with van der Waals surface area (Å²) in [6, 6.07) is 3.61. The van der Waals surface area contributed by atoms with Gasteiger partial charge in [-0.15, -0.1) is 5.10 Å². The van der Waals surface area contributed by atoms with Crippen LogP contribution >= 0.6 is 11.8 Å². The summed E-state index contributed by atoms with van der Waals surface area (Å²) in [6.45, 7) is 0. The third-order valence-electron chi connectivity index (χ3n) is 1.40. The highest BCUT2D eigenvalue weighted by atomic mass is 32.2. The molecule has 68 valence electrons. The highest BCUT2D eigenvalue weighted by molar-refractivity contribution is 7.99. The lowest BCUT2D eigenvalue weighted by molar-refractivity contribution is 0.453. The van der Waals surface area contributed by atoms with Crippen molar-refractivity contribution in [2.75, 3.05) is 0 Å². The second-order valence-electron chi connectivity index (χ2n) is 2.26. The average molecular weight is 204 g/mol. The van der Waals surface area contributed by atoms with Gasteiger partial charge in [-0.05, 0) is 17.8 Å². The number of hydrogen-bond acceptors (Lipinski definition) is 6. The molecule has 0 aliphatic heterocycles. The van der Waals surface area contributed by atoms with Gasteiger partial charge in [0.2, 0.25) is 0 Å². The van der Waals surface area contributed by atoms with Crippen LogP contribution in [0, 0.1) is 11.3 Å². The molecule has 5 nitrogen and oxygen atoms in total. The Bertz CT molecular complexity index is 462. The lowest BCUT2D eigenvalue weighted by atomic mass is 10.3. The van der Waals surface area contributed by atoms with Gasteiger partial charge < -0.3 is 4.42 Å². The molecule has 0 bridgehead atoms. The molecule has 0 amide bonds. The largest absolute Gasteiger partial charge is 0.440 e. The molecule has 0 fully saturated rings. The molecule has 0 radical (unpaired) electrons. The maximum Gasteiger partial charge on any atom is 0.262 e. The van der Waals surface area contributed by atoms with Crippen LogP contribution in [0.5, 0.6) is 0 Å². The first-order chi connectivity index (χ1) is 6.90. The van der Waals surface area contributed by atoms with Crippen molar-refractivity contribution in [3.63, 3.8) is 0 Å². The zero-order valence-electron chi connectivity index (χ0n) is 6.91. The maximum absolute atomic E-state index is 8.76. The Morgan fingerprint density at radius 1 is 1.43 bits per heavy atom. The molecule has 2 aromatic heterocycles. The molecule has 14 heavy (non-hydrogen) atoms. The number of hydrogen-bond donors (Lipinski definition) is 0. The van der Waals surface area contributed by atoms with Gasteiger partial charge >= 0.3 is 0 Å². The van der Waals surface area contributed by atoms with Gasteiger partial charge in [-0.1, -0.05) is 0 Å². The molecule has 0 saturated carbocycles. The van der Waals surface area contributed by atoms with Crippen molar-refractivity contribution in [1.82, 2.24) is 15.2 Å². The van der Waals surface area contributed by atoms with Crippen molar-refractivity contribution in [3.05, 3.63) is 30.3 Å². The molecule has 0 N–H and O–H groups in total. The molecular weight excluding hydrogens is 200 g/mol. The van der Waals surface area contributed by atoms with E-state index in [-0.39, 0.29) is 0 Å². The second kappa shape index (κ2) is 3.89. The van der Waals surface area contributed by atoms with Crippen molar-refractivity contribution in [1.29, 1.82) is 5.26 Å². The van der Waals surface area contributed by atoms with Crippen LogP contribution in [0.25, 0.3) is 0 Å². The molecule has 2 aromatic rings. The van der Waals surface area contributed by atoms with E-state index in [0.29, 0.717) is 15.8 Å². The highest BCUT2D eigenvalue weighted by Gasteiger charge is 2.08. The Kier molecular flexibility index (Phi) is 2.42. The van der Waals surface area contributed by atoms with Gasteiger partial charge in [0.1, 0.15) is 17.4 Å². The van der Waals surface area contributed by atoms with Crippen LogP contribution in [-0.4, -0.2) is 15.2 Å². The van der Waals surface area contributed by atoms with Crippen molar-refractivity contribution in [2.45, 2.75) is 10.2 Å². The molecular formula is C8H4N4OS. The number of rotatable bonds is 2. The summed E-state index contributed by atoms with van der Waals surface area (Å²) in [7, 11) is 0. The molecule has 0 aliphatic carbocycles. The average Bonchev–Trinajstić information content (AvgIpc) is 2.71. The lowest BCUT2D eigenvalue weighted by Crippen LogP contribution is -1.88. The fraction of sp³-hybridized carbons (Fsp3) is 0. The summed E-state index contributed by atoms with van der Waals surface area (Å²) in [4.78, 5) is 3.91. The molecule has 0 saturated heterocycles. The predicted octanol–water partition coefficient (Wildman–Crippen LogP) is 1.49. The van der Waals surface area contributed by atoms with Gasteiger partial charge in [0.15, 0.2) is 0 Å². The molecule has 0 atom stereocenters. The molecule has 2 rings (SSSR count). The van der Waals surface area contributed by atoms with Gasteiger partial charge in [0.05, 0.1) is 18.0 Å². The zero-order chi connectivity index (χ0) is 9.80. The van der Waals surface area contributed by atoms with Crippen LogP contribution in [0.1, 0.15) is 5.56 Å². The van der Waals surface area contributed by atoms with Crippen molar-refractivity contribution >= 4 is 11.8 Å². The Morgan fingerprint density at radius 2 is 2.36 bits per heavy atom. The molecule has 0 unspecified atom stereocenters. The van der Waals surface area contributed by atoms with Gasteiger partial charge in [0.25, 0.3) is 5.22 Å². The molecule has 0 aliphatic rings. The maximum atomic E-state index is 8.76. The summed E-state index contributed by atoms with van der Waals surface area (Å²) < 4.78 is 5.01. The fourth-order valence-corrected chi connectivity index (χ4v) is 1.52. The molecule has 2 heterocycles. The topological polar surface area (TPSA) is 75.6 Å². The van der Waals surface area contributed by atoms with E-state index >= 15 is 0 Å². The Hall–Kier alpha value is -1.87. The number of nitriles is 1. The fourth-order valence-electron chi connectivity index (χ4n) is 0.823. The van der Waals surface area contributed by atoms with Crippen LogP contribution < -0.4 is 0 Å². The van der Waals surface area contributed by atoms with E-state index in [9.17, 15) is 0 Å². The first-order valence-electron chi connectivity index (χ1n) is 3.69. The van der Waals surface area contributed by atoms with Crippen molar-refractivity contribution in [2.24, 2.45) is 0 Å². The van der Waals surface area contributed by atoms with Crippen LogP contribution in [0.15, 0.2) is 39.4 Å². The summed E-state index contributed by atoms with van der Waals surface area (Å²) in [5.74, 6) is 0. The second-order valence-corrected chi connectivity index (χ2v) is 3.20. The normalized spacial score (nSPS) is 9.64. The van der Waals surface area contributed by atoms with Gasteiger partial charge in [0, 0.05) is 0 Å². The van der Waals surface area contributed by atoms with Gasteiger partial charge in [-0.25, -0.2) is 4.98 Å². The standard InChI is InChI=1S/C8H4N4OS/c9-5-6-1-2-11-12-7(6)14-8-10-3-4-13-8/h1-4H. The van der Waals surface area contributed by atoms with Crippen molar-refractivity contribution < 1.29 is 4.42 Å². The molecule has 6 heteroatoms. The quantitative estimate of drug-likeness (QED) is 0.737. The van der Waals surface area contributed by atoms with E-state index in [1.165, 1.54) is 30.4 Å². The SMILES string of the molecule is N#Cc1ccnnc1Sc1ncco1. The molecule has 0 spiro atoms. The Balaban J connectivity index is 2.30. The predicted molar refractivity (Wildman–Crippen MR) is 47.4 cm³/mol. The van der Waals surface area contributed by atoms with E-state index in [1.54, 1.807) is 6.07 Å². The van der Waals surface area contributed by atoms with Crippen LogP contribution in [0.3, 0.4) is 0 Å². The van der Waals surface area contributed by atoms with E-state index in [0.717, 1.165) is 0 Å². The summed E-state index contributed by atoms with van der Waals surface area (Å²) in [5, 5.41) is 17.2. The van der Waals surface area contributed by atoms with Crippen LogP contribution in [-0.2, 0) is 0 Å². The van der Waals surface area contributed by atoms with E-state index in [1.807, 2.05) is 6.07 Å². The monoisotopic (exact) mass is 204 g/mol. The number of aromatic nitrogens is 3. The Labute approximate surface area is 83.8 Å². The van der Waals surface area contributed by atoms with E-state index < -0.39 is 0 Å². The first-order valence-corrected chi connectivity index (χ1v) is 4.51. The van der Waals surface area contributed by atoms with Gasteiger partial charge in [-0.3, -0.25) is 0 Å². The molecule has 0 aromatic carbocycles. The van der Waals surface area contributed by atoms with E-state index in [2.05, 4.69) is 15.2 Å². The summed E-state index contributed by atoms with van der Waals surface area (Å²) in [5.41, 5.74) is 0.461. The highest BCUT2D eigenvalue weighted by Crippen LogP contribution is 2.25. The van der Waals surface area contributed by atoms with E-state index in [4.69, 9.17) is 9.68 Å². The minimum Gasteiger partial charge on any atom is -0.440 e. The smallest absolute Gasteiger partial charge is 0.262 e. The van der Waals surface area contributed by atoms with Crippen molar-refractivity contribution in [3.8, 4) is 6.07 Å². The van der Waals surface area contributed by atoms with Crippen LogP contribution in [0.2, 0.25) is 0 Å². The number of oxazole rings is 1. The number of nitrogens with zero attached hydrogens (tertiary/aromatic N) is 4. The van der Waals surface area contributed by atoms with Crippen LogP contribution in [0.4, 0.5) is 0 Å². The summed E-state index contributed by atoms with van der Waals surface area (Å²) >= 11 is 1.17. The minimum atomic E-state index is 0.446. The zero-order valence-corrected chi connectivity index (χ0v) is 7.73. The van der Waals surface area contributed by atoms with Gasteiger partial charge in [-0.2, -0.15) is 10.4 Å². The lowest BCUT2D eigenvalue weighted by Gasteiger charge is -1.95. The third kappa shape index (κ3) is 1.72. The third-order valence-corrected chi connectivity index (χ3v) is 2.27. The Morgan fingerprint density at radius 3 is 3.07 bits per heavy atom.